The first-order chi connectivity index (χ1) is 13.8. The molecule has 0 fully saturated rings. The molecule has 1 N–H and O–H groups in total. The van der Waals surface area contributed by atoms with E-state index in [-0.39, 0.29) is 27.2 Å². The Labute approximate surface area is 189 Å². The molecule has 1 amide bonds. The molecular weight excluding hydrogens is 392 g/mol. The number of benzene rings is 2. The van der Waals surface area contributed by atoms with Crippen LogP contribution >= 0.6 is 12.4 Å². The van der Waals surface area contributed by atoms with Crippen LogP contribution in [0, 0.1) is 0 Å². The van der Waals surface area contributed by atoms with Gasteiger partial charge in [0.1, 0.15) is 0 Å². The number of amides is 1. The molecule has 0 spiro atoms. The molecule has 162 valence electrons. The Kier molecular flexibility index (Phi) is 11.5. The van der Waals surface area contributed by atoms with Gasteiger partial charge in [-0.1, -0.05) is 86.8 Å². The molecule has 3 nitrogen and oxygen atoms in total. The van der Waals surface area contributed by atoms with E-state index in [2.05, 4.69) is 66.5 Å². The van der Waals surface area contributed by atoms with Gasteiger partial charge in [-0.3, -0.25) is 4.79 Å². The van der Waals surface area contributed by atoms with E-state index in [1.54, 1.807) is 4.90 Å². The first kappa shape index (κ1) is 25.4. The summed E-state index contributed by atoms with van der Waals surface area (Å²) in [4.78, 5) is 13.2. The molecule has 0 radical (unpaired) electrons. The van der Waals surface area contributed by atoms with Gasteiger partial charge < -0.3 is 10.2 Å². The number of rotatable bonds is 3. The molecule has 0 aliphatic carbocycles. The van der Waals surface area contributed by atoms with E-state index in [1.807, 2.05) is 18.2 Å². The third-order valence-electron chi connectivity index (χ3n) is 5.05. The molecular formula is C26H35ClN2O. The molecule has 0 saturated carbocycles. The second kappa shape index (κ2) is 13.6. The Morgan fingerprint density at radius 3 is 1.93 bits per heavy atom. The average Bonchev–Trinajstić information content (AvgIpc) is 2.81. The van der Waals surface area contributed by atoms with Gasteiger partial charge in [0.15, 0.2) is 0 Å². The summed E-state index contributed by atoms with van der Waals surface area (Å²) in [5.41, 5.74) is 5.44. The van der Waals surface area contributed by atoms with Crippen LogP contribution in [0.15, 0.2) is 85.5 Å². The van der Waals surface area contributed by atoms with E-state index in [1.165, 1.54) is 28.3 Å². The molecule has 0 aromatic heterocycles. The van der Waals surface area contributed by atoms with Gasteiger partial charge in [0.25, 0.3) is 0 Å². The Bertz CT molecular complexity index is 850. The summed E-state index contributed by atoms with van der Waals surface area (Å²) in [6.07, 6.45) is 7.86. The fraction of sp³-hybridized carbons (Fsp3) is 0.269. The van der Waals surface area contributed by atoms with Crippen LogP contribution in [0.4, 0.5) is 0 Å². The van der Waals surface area contributed by atoms with E-state index in [4.69, 9.17) is 0 Å². The molecule has 2 aliphatic heterocycles. The zero-order chi connectivity index (χ0) is 19.6. The van der Waals surface area contributed by atoms with Crippen LogP contribution in [0.2, 0.25) is 0 Å². The summed E-state index contributed by atoms with van der Waals surface area (Å²) in [6.45, 7) is 7.10. The fourth-order valence-electron chi connectivity index (χ4n) is 3.45. The number of nitrogens with zero attached hydrogens (tertiary/aromatic N) is 1. The Morgan fingerprint density at radius 2 is 1.50 bits per heavy atom. The summed E-state index contributed by atoms with van der Waals surface area (Å²) in [5, 5.41) is 3.31. The van der Waals surface area contributed by atoms with Crippen LogP contribution < -0.4 is 5.32 Å². The smallest absolute Gasteiger partial charge is 0.246 e. The lowest BCUT2D eigenvalue weighted by Gasteiger charge is -2.25. The third-order valence-corrected chi connectivity index (χ3v) is 5.05. The van der Waals surface area contributed by atoms with Crippen molar-refractivity contribution in [1.29, 1.82) is 0 Å². The predicted octanol–water partition coefficient (Wildman–Crippen LogP) is 5.86. The lowest BCUT2D eigenvalue weighted by molar-refractivity contribution is -0.125. The second-order valence-electron chi connectivity index (χ2n) is 6.88. The summed E-state index contributed by atoms with van der Waals surface area (Å²) < 4.78 is 0. The van der Waals surface area contributed by atoms with Gasteiger partial charge in [0, 0.05) is 21.1 Å². The summed E-state index contributed by atoms with van der Waals surface area (Å²) in [5.74, 6) is 0.0170. The lowest BCUT2D eigenvalue weighted by atomic mass is 9.99. The highest BCUT2D eigenvalue weighted by atomic mass is 35.5. The van der Waals surface area contributed by atoms with E-state index < -0.39 is 0 Å². The highest BCUT2D eigenvalue weighted by molar-refractivity contribution is 5.87. The Morgan fingerprint density at radius 1 is 0.933 bits per heavy atom. The number of halogens is 1. The molecule has 2 aromatic carbocycles. The fourth-order valence-corrected chi connectivity index (χ4v) is 3.45. The number of carbonyl (C=O) groups is 1. The molecule has 2 aromatic rings. The summed E-state index contributed by atoms with van der Waals surface area (Å²) in [6, 6.07) is 20.9. The minimum Gasteiger partial charge on any atom is -0.335 e. The van der Waals surface area contributed by atoms with Crippen molar-refractivity contribution >= 4 is 29.5 Å². The second-order valence-corrected chi connectivity index (χ2v) is 6.88. The molecule has 2 heterocycles. The van der Waals surface area contributed by atoms with Gasteiger partial charge in [-0.05, 0) is 47.7 Å². The SMILES string of the molecule is C.C1=C(c2ccccc2)CCNC1.C=CC(=O)N1CC=C(c2ccccc2)CC1.Cl.[HH]. The van der Waals surface area contributed by atoms with Gasteiger partial charge in [0.05, 0.1) is 0 Å². The third kappa shape index (κ3) is 7.33. The van der Waals surface area contributed by atoms with Crippen molar-refractivity contribution in [3.05, 3.63) is 96.6 Å². The number of hydrogen-bond donors (Lipinski definition) is 1. The standard InChI is InChI=1S/C14H15NO.C11H13N.CH4.ClH.H2/c1-2-14(16)15-10-8-13(9-11-15)12-6-4-3-5-7-12;1-2-4-10(5-3-1)11-6-8-12-9-7-11;;;/h2-8H,1,9-11H2;1-6,12H,7-9H2;1H4;2*1H. The van der Waals surface area contributed by atoms with Crippen LogP contribution in [0.5, 0.6) is 0 Å². The van der Waals surface area contributed by atoms with Crippen LogP contribution in [-0.2, 0) is 4.79 Å². The van der Waals surface area contributed by atoms with E-state index in [9.17, 15) is 4.79 Å². The summed E-state index contributed by atoms with van der Waals surface area (Å²) in [7, 11) is 0. The number of nitrogens with one attached hydrogen (secondary N) is 1. The highest BCUT2D eigenvalue weighted by Gasteiger charge is 2.15. The lowest BCUT2D eigenvalue weighted by Crippen LogP contribution is -2.33. The maximum atomic E-state index is 11.4. The first-order valence-corrected chi connectivity index (χ1v) is 9.89. The van der Waals surface area contributed by atoms with Gasteiger partial charge in [-0.25, -0.2) is 0 Å². The Balaban J connectivity index is 0.000000545. The van der Waals surface area contributed by atoms with E-state index in [0.717, 1.165) is 32.5 Å². The quantitative estimate of drug-likeness (QED) is 0.624. The molecule has 30 heavy (non-hydrogen) atoms. The van der Waals surface area contributed by atoms with Crippen molar-refractivity contribution in [2.24, 2.45) is 0 Å². The van der Waals surface area contributed by atoms with Crippen LogP contribution in [0.25, 0.3) is 11.1 Å². The van der Waals surface area contributed by atoms with Crippen molar-refractivity contribution in [1.82, 2.24) is 10.2 Å². The van der Waals surface area contributed by atoms with Gasteiger partial charge in [0.2, 0.25) is 5.91 Å². The molecule has 0 saturated heterocycles. The molecule has 4 rings (SSSR count). The van der Waals surface area contributed by atoms with Crippen LogP contribution in [-0.4, -0.2) is 37.0 Å². The average molecular weight is 427 g/mol. The van der Waals surface area contributed by atoms with Crippen molar-refractivity contribution in [2.75, 3.05) is 26.2 Å². The van der Waals surface area contributed by atoms with Crippen molar-refractivity contribution in [3.8, 4) is 0 Å². The van der Waals surface area contributed by atoms with E-state index >= 15 is 0 Å². The summed E-state index contributed by atoms with van der Waals surface area (Å²) >= 11 is 0. The highest BCUT2D eigenvalue weighted by Crippen LogP contribution is 2.22. The van der Waals surface area contributed by atoms with Crippen molar-refractivity contribution in [2.45, 2.75) is 20.3 Å². The largest absolute Gasteiger partial charge is 0.335 e. The first-order valence-electron chi connectivity index (χ1n) is 9.89. The number of carbonyl (C=O) groups excluding carboxylic acids is 1. The molecule has 0 atom stereocenters. The Hall–Kier alpha value is -2.62. The predicted molar refractivity (Wildman–Crippen MR) is 134 cm³/mol. The van der Waals surface area contributed by atoms with Crippen molar-refractivity contribution in [3.63, 3.8) is 0 Å². The maximum absolute atomic E-state index is 11.4. The van der Waals surface area contributed by atoms with Crippen LogP contribution in [0.1, 0.15) is 32.8 Å². The molecule has 2 aliphatic rings. The minimum absolute atomic E-state index is 0. The van der Waals surface area contributed by atoms with Gasteiger partial charge >= 0.3 is 0 Å². The minimum atomic E-state index is 0. The van der Waals surface area contributed by atoms with Gasteiger partial charge in [-0.15, -0.1) is 12.4 Å². The van der Waals surface area contributed by atoms with E-state index in [0.29, 0.717) is 6.54 Å². The molecule has 0 bridgehead atoms. The van der Waals surface area contributed by atoms with Crippen molar-refractivity contribution < 1.29 is 6.22 Å². The number of hydrogen-bond acceptors (Lipinski definition) is 2. The normalized spacial score (nSPS) is 15.1. The zero-order valence-electron chi connectivity index (χ0n) is 16.7. The van der Waals surface area contributed by atoms with Gasteiger partial charge in [-0.2, -0.15) is 0 Å². The zero-order valence-corrected chi connectivity index (χ0v) is 17.5. The maximum Gasteiger partial charge on any atom is 0.246 e. The monoisotopic (exact) mass is 426 g/mol. The molecule has 4 heteroatoms. The topological polar surface area (TPSA) is 32.3 Å². The van der Waals surface area contributed by atoms with Crippen LogP contribution in [0.3, 0.4) is 0 Å². The molecule has 0 unspecified atom stereocenters.